The second-order valence-electron chi connectivity index (χ2n) is 7.38. The van der Waals surface area contributed by atoms with Gasteiger partial charge in [-0.05, 0) is 59.0 Å². The van der Waals surface area contributed by atoms with Crippen LogP contribution in [0.2, 0.25) is 5.02 Å². The maximum absolute atomic E-state index is 13.6. The van der Waals surface area contributed by atoms with Crippen molar-refractivity contribution >= 4 is 35.1 Å². The van der Waals surface area contributed by atoms with Gasteiger partial charge in [0.05, 0.1) is 0 Å². The lowest BCUT2D eigenvalue weighted by molar-refractivity contribution is -0.125. The van der Waals surface area contributed by atoms with Gasteiger partial charge in [0.1, 0.15) is 0 Å². The van der Waals surface area contributed by atoms with E-state index in [2.05, 4.69) is 0 Å². The highest BCUT2D eigenvalue weighted by atomic mass is 35.5. The molecule has 0 saturated heterocycles. The van der Waals surface area contributed by atoms with E-state index in [0.717, 1.165) is 22.3 Å². The molecule has 1 aliphatic heterocycles. The van der Waals surface area contributed by atoms with Crippen molar-refractivity contribution in [2.75, 3.05) is 6.54 Å². The molecule has 2 N–H and O–H groups in total. The molecule has 3 aromatic rings. The number of hydrogen-bond donors (Lipinski definition) is 2. The first kappa shape index (κ1) is 20.8. The van der Waals surface area contributed by atoms with Crippen LogP contribution in [0.1, 0.15) is 32.6 Å². The fraction of sp³-hybridized carbons (Fsp3) is 0.120. The summed E-state index contributed by atoms with van der Waals surface area (Å²) in [6.07, 6.45) is 2.57. The number of carbonyl (C=O) groups is 2. The number of nitrogens with one attached hydrogen (secondary N) is 1. The molecule has 0 bridgehead atoms. The van der Waals surface area contributed by atoms with E-state index in [4.69, 9.17) is 16.8 Å². The Hall–Kier alpha value is -3.41. The Morgan fingerprint density at radius 1 is 0.935 bits per heavy atom. The molecular weight excluding hydrogens is 412 g/mol. The van der Waals surface area contributed by atoms with Gasteiger partial charge in [-0.3, -0.25) is 14.8 Å². The van der Waals surface area contributed by atoms with Gasteiger partial charge in [-0.15, -0.1) is 0 Å². The van der Waals surface area contributed by atoms with Crippen molar-refractivity contribution in [1.82, 2.24) is 10.4 Å². The molecule has 1 aliphatic rings. The van der Waals surface area contributed by atoms with Gasteiger partial charge in [-0.25, -0.2) is 5.48 Å². The third kappa shape index (κ3) is 4.68. The Morgan fingerprint density at radius 2 is 1.68 bits per heavy atom. The maximum atomic E-state index is 13.6. The standard InChI is InChI=1S/C25H21ClN2O3/c26-22-10-6-17(7-11-22)14-23(19-4-2-1-3-5-19)25(30)28-13-12-18-8-9-20(24(29)27-31)15-21(18)16-28/h1-11,14-15,31H,12-13,16H2,(H,27,29)/b23-14+. The van der Waals surface area contributed by atoms with Crippen LogP contribution in [0, 0.1) is 0 Å². The average molecular weight is 433 g/mol. The summed E-state index contributed by atoms with van der Waals surface area (Å²) < 4.78 is 0. The molecule has 31 heavy (non-hydrogen) atoms. The molecule has 0 aromatic heterocycles. The molecule has 2 amide bonds. The van der Waals surface area contributed by atoms with Crippen LogP contribution in [0.5, 0.6) is 0 Å². The Morgan fingerprint density at radius 3 is 2.39 bits per heavy atom. The van der Waals surface area contributed by atoms with Gasteiger partial charge < -0.3 is 4.90 Å². The van der Waals surface area contributed by atoms with Gasteiger partial charge in [0, 0.05) is 29.2 Å². The maximum Gasteiger partial charge on any atom is 0.274 e. The predicted molar refractivity (Wildman–Crippen MR) is 121 cm³/mol. The van der Waals surface area contributed by atoms with E-state index in [9.17, 15) is 9.59 Å². The second-order valence-corrected chi connectivity index (χ2v) is 7.81. The van der Waals surface area contributed by atoms with Crippen molar-refractivity contribution in [3.63, 3.8) is 0 Å². The van der Waals surface area contributed by atoms with Crippen LogP contribution in [0.4, 0.5) is 0 Å². The molecule has 156 valence electrons. The fourth-order valence-corrected chi connectivity index (χ4v) is 3.84. The normalized spacial score (nSPS) is 13.5. The number of hydrogen-bond acceptors (Lipinski definition) is 3. The van der Waals surface area contributed by atoms with Crippen molar-refractivity contribution in [3.8, 4) is 0 Å². The molecule has 6 heteroatoms. The van der Waals surface area contributed by atoms with E-state index in [1.165, 1.54) is 0 Å². The monoisotopic (exact) mass is 432 g/mol. The highest BCUT2D eigenvalue weighted by molar-refractivity contribution is 6.30. The van der Waals surface area contributed by atoms with Crippen LogP contribution in [-0.2, 0) is 17.8 Å². The molecule has 3 aromatic carbocycles. The van der Waals surface area contributed by atoms with Gasteiger partial charge >= 0.3 is 0 Å². The van der Waals surface area contributed by atoms with Crippen LogP contribution in [0.3, 0.4) is 0 Å². The highest BCUT2D eigenvalue weighted by Gasteiger charge is 2.25. The Labute approximate surface area is 185 Å². The first-order valence-corrected chi connectivity index (χ1v) is 10.3. The highest BCUT2D eigenvalue weighted by Crippen LogP contribution is 2.26. The number of hydroxylamine groups is 1. The zero-order valence-corrected chi connectivity index (χ0v) is 17.5. The molecule has 0 saturated carbocycles. The number of amides is 2. The van der Waals surface area contributed by atoms with Gasteiger partial charge in [-0.1, -0.05) is 60.1 Å². The summed E-state index contributed by atoms with van der Waals surface area (Å²) in [5, 5.41) is 9.55. The Kier molecular flexibility index (Phi) is 6.16. The number of nitrogens with zero attached hydrogens (tertiary/aromatic N) is 1. The van der Waals surface area contributed by atoms with Gasteiger partial charge in [0.15, 0.2) is 0 Å². The smallest absolute Gasteiger partial charge is 0.274 e. The first-order valence-electron chi connectivity index (χ1n) is 9.93. The SMILES string of the molecule is O=C(NO)c1ccc2c(c1)CN(C(=O)/C(=C/c1ccc(Cl)cc1)c1ccccc1)CC2. The molecule has 0 spiro atoms. The van der Waals surface area contributed by atoms with E-state index in [0.29, 0.717) is 35.7 Å². The molecule has 0 atom stereocenters. The van der Waals surface area contributed by atoms with E-state index >= 15 is 0 Å². The van der Waals surface area contributed by atoms with Crippen molar-refractivity contribution in [2.45, 2.75) is 13.0 Å². The summed E-state index contributed by atoms with van der Waals surface area (Å²) >= 11 is 6.00. The van der Waals surface area contributed by atoms with Crippen LogP contribution in [0.15, 0.2) is 72.8 Å². The lowest BCUT2D eigenvalue weighted by atomic mass is 9.95. The number of rotatable bonds is 4. The van der Waals surface area contributed by atoms with E-state index in [1.54, 1.807) is 34.6 Å². The number of fused-ring (bicyclic) bond motifs is 1. The average Bonchev–Trinajstić information content (AvgIpc) is 2.82. The Bertz CT molecular complexity index is 1140. The minimum Gasteiger partial charge on any atom is -0.334 e. The second kappa shape index (κ2) is 9.16. The van der Waals surface area contributed by atoms with E-state index < -0.39 is 5.91 Å². The summed E-state index contributed by atoms with van der Waals surface area (Å²) in [6.45, 7) is 0.980. The van der Waals surface area contributed by atoms with Gasteiger partial charge in [0.25, 0.3) is 11.8 Å². The Balaban J connectivity index is 1.66. The molecular formula is C25H21ClN2O3. The van der Waals surface area contributed by atoms with Crippen molar-refractivity contribution < 1.29 is 14.8 Å². The van der Waals surface area contributed by atoms with Crippen LogP contribution in [-0.4, -0.2) is 28.5 Å². The third-order valence-electron chi connectivity index (χ3n) is 5.37. The molecule has 1 heterocycles. The van der Waals surface area contributed by atoms with Crippen LogP contribution >= 0.6 is 11.6 Å². The molecule has 0 unspecified atom stereocenters. The minimum atomic E-state index is -0.571. The van der Waals surface area contributed by atoms with Crippen molar-refractivity contribution in [2.24, 2.45) is 0 Å². The lowest BCUT2D eigenvalue weighted by Crippen LogP contribution is -2.36. The van der Waals surface area contributed by atoms with Gasteiger partial charge in [0.2, 0.25) is 0 Å². The first-order chi connectivity index (χ1) is 15.0. The van der Waals surface area contributed by atoms with E-state index in [-0.39, 0.29) is 5.91 Å². The number of benzene rings is 3. The summed E-state index contributed by atoms with van der Waals surface area (Å²) in [5.74, 6) is -0.650. The summed E-state index contributed by atoms with van der Waals surface area (Å²) in [5.41, 5.74) is 6.33. The number of carbonyl (C=O) groups excluding carboxylic acids is 2. The molecule has 4 rings (SSSR count). The summed E-state index contributed by atoms with van der Waals surface area (Å²) in [4.78, 5) is 27.1. The quantitative estimate of drug-likeness (QED) is 0.274. The van der Waals surface area contributed by atoms with Crippen molar-refractivity contribution in [1.29, 1.82) is 0 Å². The van der Waals surface area contributed by atoms with Gasteiger partial charge in [-0.2, -0.15) is 0 Å². The van der Waals surface area contributed by atoms with E-state index in [1.807, 2.05) is 54.6 Å². The van der Waals surface area contributed by atoms with Crippen molar-refractivity contribution in [3.05, 3.63) is 106 Å². The minimum absolute atomic E-state index is 0.0798. The summed E-state index contributed by atoms with van der Waals surface area (Å²) in [7, 11) is 0. The lowest BCUT2D eigenvalue weighted by Gasteiger charge is -2.30. The molecule has 5 nitrogen and oxygen atoms in total. The molecule has 0 radical (unpaired) electrons. The zero-order chi connectivity index (χ0) is 21.8. The zero-order valence-electron chi connectivity index (χ0n) is 16.7. The van der Waals surface area contributed by atoms with Crippen LogP contribution in [0.25, 0.3) is 11.6 Å². The summed E-state index contributed by atoms with van der Waals surface area (Å²) in [6, 6.07) is 22.2. The molecule has 0 fully saturated rings. The third-order valence-corrected chi connectivity index (χ3v) is 5.62. The topological polar surface area (TPSA) is 69.6 Å². The van der Waals surface area contributed by atoms with Crippen LogP contribution < -0.4 is 5.48 Å². The number of halogens is 1. The fourth-order valence-electron chi connectivity index (χ4n) is 3.72. The predicted octanol–water partition coefficient (Wildman–Crippen LogP) is 4.58. The largest absolute Gasteiger partial charge is 0.334 e. The molecule has 0 aliphatic carbocycles.